The molecule has 2 amide bonds. The van der Waals surface area contributed by atoms with Crippen LogP contribution in [-0.2, 0) is 32.0 Å². The lowest BCUT2D eigenvalue weighted by atomic mass is 9.92. The fourth-order valence-corrected chi connectivity index (χ4v) is 4.17. The van der Waals surface area contributed by atoms with Crippen molar-refractivity contribution in [1.82, 2.24) is 15.2 Å². The number of methoxy groups -OCH3 is 2. The Morgan fingerprint density at radius 2 is 1.82 bits per heavy atom. The molecule has 1 aliphatic rings. The summed E-state index contributed by atoms with van der Waals surface area (Å²) in [7, 11) is 2.91. The summed E-state index contributed by atoms with van der Waals surface area (Å²) >= 11 is 0. The standard InChI is InChI=1S/C26H33N3O5/c1-33-22-9-6-19(7-10-22)17-23(26(32)34-2)28-24(30)18-20-12-15-29(16-13-20)25(31)11-8-21-5-3-4-14-27-21/h3-7,9-10,14,20,23H,8,11-13,15-18H2,1-2H3,(H,28,30)/t23-/m0/s1. The monoisotopic (exact) mass is 467 g/mol. The highest BCUT2D eigenvalue weighted by atomic mass is 16.5. The number of pyridine rings is 1. The van der Waals surface area contributed by atoms with Gasteiger partial charge in [-0.3, -0.25) is 14.6 Å². The number of aromatic nitrogens is 1. The van der Waals surface area contributed by atoms with Gasteiger partial charge in [0.1, 0.15) is 11.8 Å². The molecule has 3 rings (SSSR count). The first-order chi connectivity index (χ1) is 16.5. The third-order valence-electron chi connectivity index (χ3n) is 6.18. The van der Waals surface area contributed by atoms with Crippen molar-refractivity contribution >= 4 is 17.8 Å². The molecule has 0 radical (unpaired) electrons. The zero-order valence-electron chi connectivity index (χ0n) is 19.9. The van der Waals surface area contributed by atoms with Crippen LogP contribution in [0.3, 0.4) is 0 Å². The Labute approximate surface area is 200 Å². The van der Waals surface area contributed by atoms with Crippen LogP contribution < -0.4 is 10.1 Å². The van der Waals surface area contributed by atoms with Gasteiger partial charge in [-0.25, -0.2) is 4.79 Å². The van der Waals surface area contributed by atoms with Gasteiger partial charge in [-0.05, 0) is 55.0 Å². The summed E-state index contributed by atoms with van der Waals surface area (Å²) in [5, 5.41) is 2.83. The molecule has 0 saturated carbocycles. The van der Waals surface area contributed by atoms with E-state index in [1.807, 2.05) is 47.4 Å². The third-order valence-corrected chi connectivity index (χ3v) is 6.18. The van der Waals surface area contributed by atoms with Gasteiger partial charge in [-0.15, -0.1) is 0 Å². The van der Waals surface area contributed by atoms with Gasteiger partial charge in [0, 0.05) is 44.2 Å². The molecule has 34 heavy (non-hydrogen) atoms. The number of hydrogen-bond acceptors (Lipinski definition) is 6. The van der Waals surface area contributed by atoms with E-state index >= 15 is 0 Å². The zero-order chi connectivity index (χ0) is 24.3. The molecule has 8 nitrogen and oxygen atoms in total. The summed E-state index contributed by atoms with van der Waals surface area (Å²) in [5.41, 5.74) is 1.81. The van der Waals surface area contributed by atoms with Gasteiger partial charge in [0.05, 0.1) is 14.2 Å². The number of benzene rings is 1. The summed E-state index contributed by atoms with van der Waals surface area (Å²) in [6.07, 6.45) is 5.00. The molecule has 1 fully saturated rings. The normalized spacial score (nSPS) is 14.8. The van der Waals surface area contributed by atoms with E-state index in [9.17, 15) is 14.4 Å². The Hall–Kier alpha value is -3.42. The van der Waals surface area contributed by atoms with Crippen molar-refractivity contribution in [3.05, 3.63) is 59.9 Å². The number of nitrogens with one attached hydrogen (secondary N) is 1. The smallest absolute Gasteiger partial charge is 0.328 e. The van der Waals surface area contributed by atoms with Crippen LogP contribution in [0.1, 0.15) is 36.9 Å². The van der Waals surface area contributed by atoms with Gasteiger partial charge in [0.15, 0.2) is 0 Å². The summed E-state index contributed by atoms with van der Waals surface area (Å²) < 4.78 is 10.0. The van der Waals surface area contributed by atoms with Crippen LogP contribution in [0.25, 0.3) is 0 Å². The Morgan fingerprint density at radius 3 is 2.44 bits per heavy atom. The van der Waals surface area contributed by atoms with Gasteiger partial charge in [-0.1, -0.05) is 18.2 Å². The van der Waals surface area contributed by atoms with Crippen molar-refractivity contribution in [3.63, 3.8) is 0 Å². The van der Waals surface area contributed by atoms with Crippen LogP contribution in [-0.4, -0.2) is 61.0 Å². The molecule has 8 heteroatoms. The van der Waals surface area contributed by atoms with E-state index in [2.05, 4.69) is 10.3 Å². The van der Waals surface area contributed by atoms with E-state index in [-0.39, 0.29) is 17.7 Å². The molecule has 1 aromatic carbocycles. The number of piperidine rings is 1. The Morgan fingerprint density at radius 1 is 1.09 bits per heavy atom. The molecule has 1 aromatic heterocycles. The predicted molar refractivity (Wildman–Crippen MR) is 127 cm³/mol. The maximum absolute atomic E-state index is 12.7. The number of carbonyl (C=O) groups is 3. The maximum Gasteiger partial charge on any atom is 0.328 e. The van der Waals surface area contributed by atoms with E-state index in [0.29, 0.717) is 38.8 Å². The molecule has 1 aliphatic heterocycles. The average molecular weight is 468 g/mol. The van der Waals surface area contributed by atoms with Crippen LogP contribution in [0.5, 0.6) is 5.75 Å². The predicted octanol–water partition coefficient (Wildman–Crippen LogP) is 2.55. The second kappa shape index (κ2) is 12.7. The lowest BCUT2D eigenvalue weighted by Crippen LogP contribution is -2.44. The summed E-state index contributed by atoms with van der Waals surface area (Å²) in [5.74, 6) is 0.378. The molecule has 0 aliphatic carbocycles. The fourth-order valence-electron chi connectivity index (χ4n) is 4.17. The first kappa shape index (κ1) is 25.2. The van der Waals surface area contributed by atoms with Gasteiger partial charge in [0.25, 0.3) is 0 Å². The SMILES string of the molecule is COC(=O)[C@H](Cc1ccc(OC)cc1)NC(=O)CC1CCN(C(=O)CCc2ccccn2)CC1. The zero-order valence-corrected chi connectivity index (χ0v) is 19.9. The highest BCUT2D eigenvalue weighted by Gasteiger charge is 2.27. The van der Waals surface area contributed by atoms with Crippen molar-refractivity contribution in [2.45, 2.75) is 44.6 Å². The van der Waals surface area contributed by atoms with Crippen molar-refractivity contribution < 1.29 is 23.9 Å². The number of hydrogen-bond donors (Lipinski definition) is 1. The van der Waals surface area contributed by atoms with Crippen LogP contribution in [0.4, 0.5) is 0 Å². The Kier molecular flexibility index (Phi) is 9.43. The third kappa shape index (κ3) is 7.57. The second-order valence-electron chi connectivity index (χ2n) is 8.54. The number of amides is 2. The molecule has 182 valence electrons. The van der Waals surface area contributed by atoms with Gasteiger partial charge in [-0.2, -0.15) is 0 Å². The van der Waals surface area contributed by atoms with E-state index in [0.717, 1.165) is 29.8 Å². The molecule has 2 aromatic rings. The van der Waals surface area contributed by atoms with Crippen LogP contribution in [0.2, 0.25) is 0 Å². The second-order valence-corrected chi connectivity index (χ2v) is 8.54. The number of esters is 1. The molecular formula is C26H33N3O5. The minimum Gasteiger partial charge on any atom is -0.497 e. The molecular weight excluding hydrogens is 434 g/mol. The molecule has 2 heterocycles. The van der Waals surface area contributed by atoms with Crippen LogP contribution in [0, 0.1) is 5.92 Å². The minimum absolute atomic E-state index is 0.124. The topological polar surface area (TPSA) is 97.8 Å². The fraction of sp³-hybridized carbons (Fsp3) is 0.462. The number of ether oxygens (including phenoxy) is 2. The Bertz CT molecular complexity index is 941. The lowest BCUT2D eigenvalue weighted by Gasteiger charge is -2.32. The molecule has 0 bridgehead atoms. The van der Waals surface area contributed by atoms with Crippen molar-refractivity contribution in [2.75, 3.05) is 27.3 Å². The number of likely N-dealkylation sites (tertiary alicyclic amines) is 1. The van der Waals surface area contributed by atoms with Crippen LogP contribution in [0.15, 0.2) is 48.7 Å². The number of aryl methyl sites for hydroxylation is 1. The maximum atomic E-state index is 12.7. The van der Waals surface area contributed by atoms with Gasteiger partial charge in [0.2, 0.25) is 11.8 Å². The van der Waals surface area contributed by atoms with Gasteiger partial charge < -0.3 is 19.7 Å². The average Bonchev–Trinajstić information content (AvgIpc) is 2.87. The molecule has 0 unspecified atom stereocenters. The lowest BCUT2D eigenvalue weighted by molar-refractivity contribution is -0.145. The van der Waals surface area contributed by atoms with E-state index in [1.165, 1.54) is 7.11 Å². The first-order valence-electron chi connectivity index (χ1n) is 11.7. The summed E-state index contributed by atoms with van der Waals surface area (Å²) in [6, 6.07) is 12.3. The highest BCUT2D eigenvalue weighted by Crippen LogP contribution is 2.21. The van der Waals surface area contributed by atoms with Crippen LogP contribution >= 0.6 is 0 Å². The molecule has 0 spiro atoms. The van der Waals surface area contributed by atoms with E-state index < -0.39 is 12.0 Å². The largest absolute Gasteiger partial charge is 0.497 e. The molecule has 1 N–H and O–H groups in total. The van der Waals surface area contributed by atoms with Crippen molar-refractivity contribution in [2.24, 2.45) is 5.92 Å². The molecule has 1 atom stereocenters. The summed E-state index contributed by atoms with van der Waals surface area (Å²) in [4.78, 5) is 43.6. The van der Waals surface area contributed by atoms with Crippen molar-refractivity contribution in [1.29, 1.82) is 0 Å². The number of rotatable bonds is 10. The quantitative estimate of drug-likeness (QED) is 0.540. The van der Waals surface area contributed by atoms with E-state index in [1.54, 1.807) is 13.3 Å². The Balaban J connectivity index is 1.44. The van der Waals surface area contributed by atoms with E-state index in [4.69, 9.17) is 9.47 Å². The first-order valence-corrected chi connectivity index (χ1v) is 11.7. The number of carbonyl (C=O) groups excluding carboxylic acids is 3. The minimum atomic E-state index is -0.751. The summed E-state index contributed by atoms with van der Waals surface area (Å²) in [6.45, 7) is 1.29. The molecule has 1 saturated heterocycles. The van der Waals surface area contributed by atoms with Gasteiger partial charge >= 0.3 is 5.97 Å². The highest BCUT2D eigenvalue weighted by molar-refractivity contribution is 5.84. The van der Waals surface area contributed by atoms with Crippen molar-refractivity contribution in [3.8, 4) is 5.75 Å². The number of nitrogens with zero attached hydrogens (tertiary/aromatic N) is 2.